The summed E-state index contributed by atoms with van der Waals surface area (Å²) in [5, 5.41) is 15.7. The van der Waals surface area contributed by atoms with Crippen LogP contribution in [0.15, 0.2) is 73.4 Å². The number of carbonyl (C=O) groups is 1. The van der Waals surface area contributed by atoms with E-state index in [1.807, 2.05) is 12.1 Å². The number of piperidine rings is 1. The molecule has 12 nitrogen and oxygen atoms in total. The van der Waals surface area contributed by atoms with E-state index in [4.69, 9.17) is 22.1 Å². The van der Waals surface area contributed by atoms with Crippen molar-refractivity contribution in [3.05, 3.63) is 89.7 Å². The highest BCUT2D eigenvalue weighted by Crippen LogP contribution is 2.33. The molecule has 7 rings (SSSR count). The number of halogens is 2. The molecule has 1 aliphatic rings. The maximum atomic E-state index is 13.5. The maximum Gasteiger partial charge on any atom is 0.277 e. The lowest BCUT2D eigenvalue weighted by Gasteiger charge is -2.23. The van der Waals surface area contributed by atoms with Gasteiger partial charge in [0.05, 0.1) is 16.1 Å². The van der Waals surface area contributed by atoms with E-state index >= 15 is 0 Å². The van der Waals surface area contributed by atoms with Crippen LogP contribution in [-0.2, 0) is 0 Å². The third-order valence-electron chi connectivity index (χ3n) is 7.28. The van der Waals surface area contributed by atoms with Crippen molar-refractivity contribution in [1.82, 2.24) is 39.7 Å². The average Bonchev–Trinajstić information content (AvgIpc) is 3.65. The standard InChI is InChI=1S/C29H25ClN10O2.ClH/c30-22-12-19(5-8-23(22)42-21-9-11-39-24(13-21)33-16-36-39)37-29(41)26-25-27(31)34-15-35-28(25)40(38-26)20-6-3-17(4-7-20)18-2-1-10-32-14-18;/h3-9,11-13,15-16,18,32H,1-2,10,14H2,(H,37,41)(H2,31,34,35);1H. The SMILES string of the molecule is Cl.Nc1ncnc2c1c(C(=O)Nc1ccc(Oc3ccn4ncnc4c3)c(Cl)c1)nn2-c1ccc(C2CCCNC2)cc1. The smallest absolute Gasteiger partial charge is 0.277 e. The minimum atomic E-state index is -0.479. The van der Waals surface area contributed by atoms with Crippen LogP contribution in [0.2, 0.25) is 5.02 Å². The van der Waals surface area contributed by atoms with Crippen molar-refractivity contribution in [2.75, 3.05) is 24.1 Å². The van der Waals surface area contributed by atoms with E-state index in [9.17, 15) is 4.79 Å². The summed E-state index contributed by atoms with van der Waals surface area (Å²) in [5.41, 5.74) is 9.86. The number of fused-ring (bicyclic) bond motifs is 2. The van der Waals surface area contributed by atoms with Gasteiger partial charge in [0.2, 0.25) is 0 Å². The quantitative estimate of drug-likeness (QED) is 0.234. The Morgan fingerprint density at radius 3 is 2.72 bits per heavy atom. The van der Waals surface area contributed by atoms with Gasteiger partial charge in [-0.3, -0.25) is 4.79 Å². The summed E-state index contributed by atoms with van der Waals surface area (Å²) >= 11 is 6.51. The van der Waals surface area contributed by atoms with Crippen LogP contribution in [0.1, 0.15) is 34.8 Å². The van der Waals surface area contributed by atoms with Crippen LogP contribution in [0.3, 0.4) is 0 Å². The Morgan fingerprint density at radius 1 is 1.07 bits per heavy atom. The Bertz CT molecular complexity index is 1930. The fourth-order valence-corrected chi connectivity index (χ4v) is 5.40. The van der Waals surface area contributed by atoms with Gasteiger partial charge in [-0.1, -0.05) is 23.7 Å². The van der Waals surface area contributed by atoms with E-state index in [1.54, 1.807) is 45.7 Å². The van der Waals surface area contributed by atoms with Crippen molar-refractivity contribution in [2.45, 2.75) is 18.8 Å². The summed E-state index contributed by atoms with van der Waals surface area (Å²) in [6.45, 7) is 2.03. The highest BCUT2D eigenvalue weighted by Gasteiger charge is 2.23. The van der Waals surface area contributed by atoms with Crippen LogP contribution >= 0.6 is 24.0 Å². The highest BCUT2D eigenvalue weighted by molar-refractivity contribution is 6.32. The van der Waals surface area contributed by atoms with E-state index in [1.165, 1.54) is 18.2 Å². The van der Waals surface area contributed by atoms with Crippen molar-refractivity contribution < 1.29 is 9.53 Å². The number of anilines is 2. The maximum absolute atomic E-state index is 13.5. The molecule has 0 spiro atoms. The Morgan fingerprint density at radius 2 is 1.93 bits per heavy atom. The van der Waals surface area contributed by atoms with Crippen LogP contribution in [0.25, 0.3) is 22.4 Å². The first-order valence-electron chi connectivity index (χ1n) is 13.4. The third-order valence-corrected chi connectivity index (χ3v) is 7.58. The van der Waals surface area contributed by atoms with E-state index in [0.29, 0.717) is 44.8 Å². The lowest BCUT2D eigenvalue weighted by atomic mass is 9.92. The number of pyridine rings is 1. The molecule has 218 valence electrons. The first kappa shape index (κ1) is 28.3. The molecule has 0 radical (unpaired) electrons. The Kier molecular flexibility index (Phi) is 7.80. The molecular formula is C29H26Cl2N10O2. The zero-order valence-corrected chi connectivity index (χ0v) is 24.2. The van der Waals surface area contributed by atoms with Crippen LogP contribution < -0.4 is 21.1 Å². The summed E-state index contributed by atoms with van der Waals surface area (Å²) < 4.78 is 9.16. The number of hydrogen-bond acceptors (Lipinski definition) is 9. The molecule has 14 heteroatoms. The number of nitrogen functional groups attached to an aromatic ring is 1. The summed E-state index contributed by atoms with van der Waals surface area (Å²) in [7, 11) is 0. The van der Waals surface area contributed by atoms with Gasteiger partial charge < -0.3 is 21.1 Å². The molecule has 1 saturated heterocycles. The molecule has 43 heavy (non-hydrogen) atoms. The molecule has 0 bridgehead atoms. The lowest BCUT2D eigenvalue weighted by molar-refractivity contribution is 0.102. The molecule has 2 aromatic carbocycles. The van der Waals surface area contributed by atoms with Gasteiger partial charge in [0.25, 0.3) is 5.91 Å². The number of nitrogens with zero attached hydrogens (tertiary/aromatic N) is 7. The van der Waals surface area contributed by atoms with Gasteiger partial charge in [-0.2, -0.15) is 10.2 Å². The van der Waals surface area contributed by atoms with Crippen LogP contribution in [0, 0.1) is 0 Å². The molecule has 6 aromatic rings. The fraction of sp³-hybridized carbons (Fsp3) is 0.172. The molecule has 4 N–H and O–H groups in total. The van der Waals surface area contributed by atoms with Gasteiger partial charge >= 0.3 is 0 Å². The van der Waals surface area contributed by atoms with E-state index in [0.717, 1.165) is 31.6 Å². The van der Waals surface area contributed by atoms with Crippen LogP contribution in [-0.4, -0.2) is 53.3 Å². The predicted molar refractivity (Wildman–Crippen MR) is 166 cm³/mol. The monoisotopic (exact) mass is 616 g/mol. The minimum Gasteiger partial charge on any atom is -0.456 e. The second-order valence-electron chi connectivity index (χ2n) is 9.98. The Labute approximate surface area is 256 Å². The lowest BCUT2D eigenvalue weighted by Crippen LogP contribution is -2.28. The van der Waals surface area contributed by atoms with E-state index < -0.39 is 5.91 Å². The number of ether oxygens (including phenoxy) is 1. The fourth-order valence-electron chi connectivity index (χ4n) is 5.18. The van der Waals surface area contributed by atoms with Crippen LogP contribution in [0.4, 0.5) is 11.5 Å². The summed E-state index contributed by atoms with van der Waals surface area (Å²) in [4.78, 5) is 26.1. The number of rotatable bonds is 6. The Hall–Kier alpha value is -4.78. The first-order chi connectivity index (χ1) is 20.5. The minimum absolute atomic E-state index is 0. The number of amides is 1. The van der Waals surface area contributed by atoms with Gasteiger partial charge in [0.1, 0.15) is 30.0 Å². The van der Waals surface area contributed by atoms with Gasteiger partial charge in [0.15, 0.2) is 17.0 Å². The number of hydrogen-bond donors (Lipinski definition) is 3. The van der Waals surface area contributed by atoms with Gasteiger partial charge in [-0.15, -0.1) is 12.4 Å². The number of nitrogens with one attached hydrogen (secondary N) is 2. The van der Waals surface area contributed by atoms with Crippen molar-refractivity contribution in [3.63, 3.8) is 0 Å². The first-order valence-corrected chi connectivity index (χ1v) is 13.8. The summed E-state index contributed by atoms with van der Waals surface area (Å²) in [6.07, 6.45) is 6.87. The number of nitrogens with two attached hydrogens (primary N) is 1. The van der Waals surface area contributed by atoms with E-state index in [2.05, 4.69) is 47.9 Å². The topological polar surface area (TPSA) is 150 Å². The average molecular weight is 618 g/mol. The van der Waals surface area contributed by atoms with Gasteiger partial charge in [-0.25, -0.2) is 24.1 Å². The summed E-state index contributed by atoms with van der Waals surface area (Å²) in [6, 6.07) is 16.6. The largest absolute Gasteiger partial charge is 0.456 e. The number of aromatic nitrogens is 7. The van der Waals surface area contributed by atoms with Crippen molar-refractivity contribution in [3.8, 4) is 17.2 Å². The van der Waals surface area contributed by atoms with Gasteiger partial charge in [-0.05, 0) is 67.3 Å². The Balaban J connectivity index is 0.00000329. The second kappa shape index (κ2) is 11.8. The molecule has 0 aliphatic carbocycles. The third kappa shape index (κ3) is 5.55. The molecule has 1 amide bonds. The molecule has 0 saturated carbocycles. The van der Waals surface area contributed by atoms with Crippen molar-refractivity contribution in [1.29, 1.82) is 0 Å². The molecule has 1 fully saturated rings. The summed E-state index contributed by atoms with van der Waals surface area (Å²) in [5.74, 6) is 1.12. The zero-order chi connectivity index (χ0) is 28.6. The normalized spacial score (nSPS) is 14.9. The zero-order valence-electron chi connectivity index (χ0n) is 22.6. The molecule has 1 atom stereocenters. The number of carbonyl (C=O) groups excluding carboxylic acids is 1. The van der Waals surface area contributed by atoms with Crippen molar-refractivity contribution in [2.24, 2.45) is 0 Å². The van der Waals surface area contributed by atoms with E-state index in [-0.39, 0.29) is 23.9 Å². The molecular weight excluding hydrogens is 591 g/mol. The molecule has 4 aromatic heterocycles. The number of benzene rings is 2. The van der Waals surface area contributed by atoms with Gasteiger partial charge in [0, 0.05) is 24.5 Å². The highest BCUT2D eigenvalue weighted by atomic mass is 35.5. The molecule has 1 aliphatic heterocycles. The van der Waals surface area contributed by atoms with Crippen LogP contribution in [0.5, 0.6) is 11.5 Å². The predicted octanol–water partition coefficient (Wildman–Crippen LogP) is 5.03. The molecule has 1 unspecified atom stereocenters. The second-order valence-corrected chi connectivity index (χ2v) is 10.4. The van der Waals surface area contributed by atoms with Crippen molar-refractivity contribution >= 4 is 58.1 Å². The molecule has 5 heterocycles.